The van der Waals surface area contributed by atoms with E-state index in [1.165, 1.54) is 0 Å². The average Bonchev–Trinajstić information content (AvgIpc) is 2.22. The minimum absolute atomic E-state index is 0.118. The molecule has 0 aromatic carbocycles. The standard InChI is InChI=1S/C11H24N2O2/c1-11(2,8-13)9-15-10(14)6-4-3-5-7-12/h3-9,12-13H2,1-2H3. The van der Waals surface area contributed by atoms with Gasteiger partial charge >= 0.3 is 5.97 Å². The highest BCUT2D eigenvalue weighted by Gasteiger charge is 2.17. The zero-order chi connectivity index (χ0) is 11.7. The molecule has 0 saturated heterocycles. The number of unbranched alkanes of at least 4 members (excludes halogenated alkanes) is 2. The SMILES string of the molecule is CC(C)(CN)COC(=O)CCCCCN. The number of rotatable bonds is 8. The van der Waals surface area contributed by atoms with Crippen molar-refractivity contribution in [2.75, 3.05) is 19.7 Å². The Hall–Kier alpha value is -0.610. The van der Waals surface area contributed by atoms with Crippen molar-refractivity contribution in [3.05, 3.63) is 0 Å². The molecule has 0 amide bonds. The van der Waals surface area contributed by atoms with Crippen LogP contribution in [0.5, 0.6) is 0 Å². The normalized spacial score (nSPS) is 11.5. The fourth-order valence-corrected chi connectivity index (χ4v) is 0.997. The Morgan fingerprint density at radius 3 is 2.40 bits per heavy atom. The number of hydrogen-bond donors (Lipinski definition) is 2. The summed E-state index contributed by atoms with van der Waals surface area (Å²) in [6.07, 6.45) is 3.31. The monoisotopic (exact) mass is 216 g/mol. The van der Waals surface area contributed by atoms with E-state index in [0.717, 1.165) is 19.3 Å². The molecule has 0 heterocycles. The van der Waals surface area contributed by atoms with Crippen LogP contribution in [0.1, 0.15) is 39.5 Å². The van der Waals surface area contributed by atoms with Crippen LogP contribution in [-0.4, -0.2) is 25.7 Å². The minimum Gasteiger partial charge on any atom is -0.465 e. The van der Waals surface area contributed by atoms with Crippen LogP contribution >= 0.6 is 0 Å². The first-order valence-electron chi connectivity index (χ1n) is 5.57. The predicted octanol–water partition coefficient (Wildman–Crippen LogP) is 1.03. The van der Waals surface area contributed by atoms with Crippen LogP contribution in [0, 0.1) is 5.41 Å². The summed E-state index contributed by atoms with van der Waals surface area (Å²) >= 11 is 0. The number of esters is 1. The molecule has 0 unspecified atom stereocenters. The van der Waals surface area contributed by atoms with Crippen molar-refractivity contribution in [3.8, 4) is 0 Å². The van der Waals surface area contributed by atoms with Crippen LogP contribution in [0.15, 0.2) is 0 Å². The van der Waals surface area contributed by atoms with Crippen molar-refractivity contribution < 1.29 is 9.53 Å². The van der Waals surface area contributed by atoms with Crippen molar-refractivity contribution in [2.45, 2.75) is 39.5 Å². The number of carbonyl (C=O) groups excluding carboxylic acids is 1. The summed E-state index contributed by atoms with van der Waals surface area (Å²) in [6.45, 7) is 5.57. The molecule has 0 aliphatic heterocycles. The second kappa shape index (κ2) is 7.65. The highest BCUT2D eigenvalue weighted by molar-refractivity contribution is 5.69. The van der Waals surface area contributed by atoms with E-state index in [9.17, 15) is 4.79 Å². The van der Waals surface area contributed by atoms with Crippen molar-refractivity contribution in [2.24, 2.45) is 16.9 Å². The summed E-state index contributed by atoms with van der Waals surface area (Å²) in [5, 5.41) is 0. The Kier molecular flexibility index (Phi) is 7.34. The minimum atomic E-state index is -0.131. The molecular formula is C11H24N2O2. The van der Waals surface area contributed by atoms with Crippen molar-refractivity contribution in [3.63, 3.8) is 0 Å². The second-order valence-electron chi connectivity index (χ2n) is 4.63. The van der Waals surface area contributed by atoms with Crippen molar-refractivity contribution in [1.29, 1.82) is 0 Å². The molecule has 0 aromatic heterocycles. The summed E-state index contributed by atoms with van der Waals surface area (Å²) in [6, 6.07) is 0. The van der Waals surface area contributed by atoms with Gasteiger partial charge in [-0.2, -0.15) is 0 Å². The lowest BCUT2D eigenvalue weighted by Crippen LogP contribution is -2.30. The van der Waals surface area contributed by atoms with Gasteiger partial charge in [-0.1, -0.05) is 20.3 Å². The number of nitrogens with two attached hydrogens (primary N) is 2. The molecule has 0 spiro atoms. The maximum absolute atomic E-state index is 11.3. The molecule has 4 heteroatoms. The summed E-state index contributed by atoms with van der Waals surface area (Å²) in [5.41, 5.74) is 10.8. The van der Waals surface area contributed by atoms with Crippen LogP contribution in [-0.2, 0) is 9.53 Å². The molecule has 90 valence electrons. The first kappa shape index (κ1) is 14.4. The average molecular weight is 216 g/mol. The van der Waals surface area contributed by atoms with Gasteiger partial charge in [0.15, 0.2) is 0 Å². The summed E-state index contributed by atoms with van der Waals surface area (Å²) in [4.78, 5) is 11.3. The van der Waals surface area contributed by atoms with Crippen LogP contribution in [0.4, 0.5) is 0 Å². The highest BCUT2D eigenvalue weighted by Crippen LogP contribution is 2.13. The molecule has 0 rings (SSSR count). The van der Waals surface area contributed by atoms with Crippen LogP contribution in [0.25, 0.3) is 0 Å². The Balaban J connectivity index is 3.49. The van der Waals surface area contributed by atoms with Crippen LogP contribution < -0.4 is 11.5 Å². The quantitative estimate of drug-likeness (QED) is 0.469. The molecule has 0 aliphatic carbocycles. The van der Waals surface area contributed by atoms with Crippen LogP contribution in [0.3, 0.4) is 0 Å². The number of ether oxygens (including phenoxy) is 1. The highest BCUT2D eigenvalue weighted by atomic mass is 16.5. The molecule has 0 radical (unpaired) electrons. The fourth-order valence-electron chi connectivity index (χ4n) is 0.997. The summed E-state index contributed by atoms with van der Waals surface area (Å²) in [7, 11) is 0. The van der Waals surface area contributed by atoms with Crippen LogP contribution in [0.2, 0.25) is 0 Å². The molecule has 0 atom stereocenters. The fraction of sp³-hybridized carbons (Fsp3) is 0.909. The van der Waals surface area contributed by atoms with Gasteiger partial charge in [0.05, 0.1) is 6.61 Å². The lowest BCUT2D eigenvalue weighted by molar-refractivity contribution is -0.146. The molecule has 0 bridgehead atoms. The molecule has 4 nitrogen and oxygen atoms in total. The van der Waals surface area contributed by atoms with Gasteiger partial charge in [-0.05, 0) is 19.4 Å². The van der Waals surface area contributed by atoms with E-state index in [4.69, 9.17) is 16.2 Å². The number of hydrogen-bond acceptors (Lipinski definition) is 4. The van der Waals surface area contributed by atoms with Gasteiger partial charge in [0.1, 0.15) is 0 Å². The predicted molar refractivity (Wildman–Crippen MR) is 61.3 cm³/mol. The third-order valence-electron chi connectivity index (χ3n) is 2.26. The van der Waals surface area contributed by atoms with Crippen molar-refractivity contribution in [1.82, 2.24) is 0 Å². The van der Waals surface area contributed by atoms with E-state index in [-0.39, 0.29) is 11.4 Å². The lowest BCUT2D eigenvalue weighted by Gasteiger charge is -2.21. The molecule has 0 saturated carbocycles. The molecule has 0 aliphatic rings. The van der Waals surface area contributed by atoms with Gasteiger partial charge in [0.2, 0.25) is 0 Å². The maximum atomic E-state index is 11.3. The van der Waals surface area contributed by atoms with Gasteiger partial charge < -0.3 is 16.2 Å². The number of carbonyl (C=O) groups is 1. The zero-order valence-electron chi connectivity index (χ0n) is 9.92. The van der Waals surface area contributed by atoms with Gasteiger partial charge in [-0.15, -0.1) is 0 Å². The lowest BCUT2D eigenvalue weighted by atomic mass is 9.95. The third-order valence-corrected chi connectivity index (χ3v) is 2.26. The van der Waals surface area contributed by atoms with Gasteiger partial charge in [0.25, 0.3) is 0 Å². The second-order valence-corrected chi connectivity index (χ2v) is 4.63. The van der Waals surface area contributed by atoms with E-state index >= 15 is 0 Å². The molecule has 15 heavy (non-hydrogen) atoms. The zero-order valence-corrected chi connectivity index (χ0v) is 9.92. The summed E-state index contributed by atoms with van der Waals surface area (Å²) < 4.78 is 5.13. The Morgan fingerprint density at radius 1 is 1.20 bits per heavy atom. The third kappa shape index (κ3) is 8.39. The van der Waals surface area contributed by atoms with E-state index in [1.807, 2.05) is 13.8 Å². The first-order valence-corrected chi connectivity index (χ1v) is 5.57. The van der Waals surface area contributed by atoms with E-state index in [0.29, 0.717) is 26.1 Å². The molecule has 4 N–H and O–H groups in total. The van der Waals surface area contributed by atoms with E-state index < -0.39 is 0 Å². The maximum Gasteiger partial charge on any atom is 0.305 e. The van der Waals surface area contributed by atoms with Gasteiger partial charge in [-0.3, -0.25) is 4.79 Å². The topological polar surface area (TPSA) is 78.3 Å². The first-order chi connectivity index (χ1) is 7.02. The Labute approximate surface area is 92.3 Å². The van der Waals surface area contributed by atoms with E-state index in [1.54, 1.807) is 0 Å². The molecule has 0 fully saturated rings. The Bertz CT molecular complexity index is 181. The molecule has 0 aromatic rings. The van der Waals surface area contributed by atoms with E-state index in [2.05, 4.69) is 0 Å². The molecular weight excluding hydrogens is 192 g/mol. The summed E-state index contributed by atoms with van der Waals surface area (Å²) in [5.74, 6) is -0.131. The smallest absolute Gasteiger partial charge is 0.305 e. The van der Waals surface area contributed by atoms with Gasteiger partial charge in [-0.25, -0.2) is 0 Å². The Morgan fingerprint density at radius 2 is 1.87 bits per heavy atom. The van der Waals surface area contributed by atoms with Gasteiger partial charge in [0, 0.05) is 18.4 Å². The van der Waals surface area contributed by atoms with Crippen molar-refractivity contribution >= 4 is 5.97 Å². The largest absolute Gasteiger partial charge is 0.465 e.